The quantitative estimate of drug-likeness (QED) is 0.473. The van der Waals surface area contributed by atoms with E-state index in [1.165, 1.54) is 19.3 Å². The molecule has 0 aromatic carbocycles. The summed E-state index contributed by atoms with van der Waals surface area (Å²) in [6.07, 6.45) is 4.14. The van der Waals surface area contributed by atoms with Crippen molar-refractivity contribution >= 4 is 18.9 Å². The summed E-state index contributed by atoms with van der Waals surface area (Å²) in [7, 11) is 0. The van der Waals surface area contributed by atoms with Crippen LogP contribution >= 0.6 is 0 Å². The largest absolute Gasteiger partial charge is 0.312 e. The van der Waals surface area contributed by atoms with Gasteiger partial charge in [-0.05, 0) is 26.7 Å². The first kappa shape index (κ1) is 9.56. The van der Waals surface area contributed by atoms with Gasteiger partial charge in [-0.3, -0.25) is 0 Å². The standard InChI is InChI=1S/C7H15N.Li/c1-6-4-3-5-7(2)8-6;/h6-8H,3-5H2,1-2H3;. The Balaban J connectivity index is 0.000000640. The van der Waals surface area contributed by atoms with Crippen molar-refractivity contribution in [3.05, 3.63) is 0 Å². The van der Waals surface area contributed by atoms with Gasteiger partial charge in [0.2, 0.25) is 0 Å². The van der Waals surface area contributed by atoms with Gasteiger partial charge in [-0.1, -0.05) is 6.42 Å². The Hall–Kier alpha value is 0.557. The summed E-state index contributed by atoms with van der Waals surface area (Å²) in [5.41, 5.74) is 0. The van der Waals surface area contributed by atoms with Gasteiger partial charge in [-0.25, -0.2) is 0 Å². The molecule has 2 atom stereocenters. The van der Waals surface area contributed by atoms with Gasteiger partial charge in [0.1, 0.15) is 0 Å². The molecule has 2 unspecified atom stereocenters. The monoisotopic (exact) mass is 120 g/mol. The second kappa shape index (κ2) is 4.39. The zero-order valence-electron chi connectivity index (χ0n) is 6.78. The molecule has 0 aliphatic carbocycles. The maximum atomic E-state index is 3.48. The van der Waals surface area contributed by atoms with E-state index in [1.54, 1.807) is 0 Å². The Morgan fingerprint density at radius 2 is 1.56 bits per heavy atom. The summed E-state index contributed by atoms with van der Waals surface area (Å²) in [6.45, 7) is 4.52. The second-order valence-corrected chi connectivity index (χ2v) is 2.90. The van der Waals surface area contributed by atoms with E-state index in [0.29, 0.717) is 0 Å². The molecule has 0 aromatic rings. The first-order valence-corrected chi connectivity index (χ1v) is 3.55. The minimum atomic E-state index is 0. The van der Waals surface area contributed by atoms with Crippen molar-refractivity contribution in [2.45, 2.75) is 45.2 Å². The van der Waals surface area contributed by atoms with Crippen LogP contribution in [-0.2, 0) is 0 Å². The van der Waals surface area contributed by atoms with Gasteiger partial charge >= 0.3 is 0 Å². The van der Waals surface area contributed by atoms with E-state index in [-0.39, 0.29) is 18.9 Å². The van der Waals surface area contributed by atoms with E-state index < -0.39 is 0 Å². The molecule has 0 amide bonds. The van der Waals surface area contributed by atoms with Crippen molar-refractivity contribution in [1.29, 1.82) is 0 Å². The van der Waals surface area contributed by atoms with Crippen LogP contribution in [0.5, 0.6) is 0 Å². The summed E-state index contributed by atoms with van der Waals surface area (Å²) in [5.74, 6) is 0. The van der Waals surface area contributed by atoms with Crippen LogP contribution in [0.2, 0.25) is 0 Å². The second-order valence-electron chi connectivity index (χ2n) is 2.90. The molecule has 1 heterocycles. The van der Waals surface area contributed by atoms with Gasteiger partial charge < -0.3 is 5.32 Å². The Morgan fingerprint density at radius 1 is 1.11 bits per heavy atom. The third-order valence-corrected chi connectivity index (χ3v) is 1.84. The van der Waals surface area contributed by atoms with E-state index in [1.807, 2.05) is 0 Å². The van der Waals surface area contributed by atoms with Crippen molar-refractivity contribution < 1.29 is 0 Å². The molecule has 9 heavy (non-hydrogen) atoms. The van der Waals surface area contributed by atoms with Crippen LogP contribution in [0.4, 0.5) is 0 Å². The molecule has 0 saturated carbocycles. The SMILES string of the molecule is CC1CCCC(C)N1.[Li]. The zero-order valence-corrected chi connectivity index (χ0v) is 6.78. The fourth-order valence-corrected chi connectivity index (χ4v) is 1.38. The van der Waals surface area contributed by atoms with E-state index in [4.69, 9.17) is 0 Å². The Morgan fingerprint density at radius 3 is 1.78 bits per heavy atom. The van der Waals surface area contributed by atoms with Crippen LogP contribution in [0, 0.1) is 0 Å². The van der Waals surface area contributed by atoms with Crippen molar-refractivity contribution in [1.82, 2.24) is 5.32 Å². The molecule has 49 valence electrons. The fourth-order valence-electron chi connectivity index (χ4n) is 1.38. The number of hydrogen-bond acceptors (Lipinski definition) is 1. The number of hydrogen-bond donors (Lipinski definition) is 1. The molecule has 1 nitrogen and oxygen atoms in total. The van der Waals surface area contributed by atoms with E-state index in [0.717, 1.165) is 12.1 Å². The molecule has 2 heteroatoms. The van der Waals surface area contributed by atoms with Crippen molar-refractivity contribution in [3.8, 4) is 0 Å². The van der Waals surface area contributed by atoms with Crippen LogP contribution in [0.3, 0.4) is 0 Å². The average Bonchev–Trinajstić information content (AvgIpc) is 1.64. The molecule has 1 aliphatic heterocycles. The molecule has 1 N–H and O–H groups in total. The zero-order chi connectivity index (χ0) is 5.98. The van der Waals surface area contributed by atoms with E-state index >= 15 is 0 Å². The van der Waals surface area contributed by atoms with Gasteiger partial charge in [0.05, 0.1) is 0 Å². The molecule has 1 saturated heterocycles. The minimum absolute atomic E-state index is 0. The Labute approximate surface area is 69.8 Å². The number of piperidine rings is 1. The molecular formula is C7H15LiN. The summed E-state index contributed by atoms with van der Waals surface area (Å²) >= 11 is 0. The van der Waals surface area contributed by atoms with Gasteiger partial charge in [-0.15, -0.1) is 0 Å². The molecule has 0 aromatic heterocycles. The topological polar surface area (TPSA) is 12.0 Å². The predicted molar refractivity (Wildman–Crippen MR) is 41.7 cm³/mol. The van der Waals surface area contributed by atoms with Gasteiger partial charge in [0.15, 0.2) is 0 Å². The van der Waals surface area contributed by atoms with Crippen LogP contribution in [0.25, 0.3) is 0 Å². The molecule has 0 spiro atoms. The molecule has 0 bridgehead atoms. The van der Waals surface area contributed by atoms with Crippen molar-refractivity contribution in [2.75, 3.05) is 0 Å². The van der Waals surface area contributed by atoms with Gasteiger partial charge in [0.25, 0.3) is 0 Å². The third-order valence-electron chi connectivity index (χ3n) is 1.84. The summed E-state index contributed by atoms with van der Waals surface area (Å²) in [4.78, 5) is 0. The molecular weight excluding hydrogens is 105 g/mol. The maximum Gasteiger partial charge on any atom is 0.00412 e. The van der Waals surface area contributed by atoms with E-state index in [2.05, 4.69) is 19.2 Å². The Bertz CT molecular complexity index is 67.3. The van der Waals surface area contributed by atoms with E-state index in [9.17, 15) is 0 Å². The Kier molecular flexibility index (Phi) is 4.66. The van der Waals surface area contributed by atoms with Crippen LogP contribution in [-0.4, -0.2) is 30.9 Å². The summed E-state index contributed by atoms with van der Waals surface area (Å²) in [6, 6.07) is 1.53. The smallest absolute Gasteiger partial charge is 0.00412 e. The van der Waals surface area contributed by atoms with Crippen LogP contribution in [0.15, 0.2) is 0 Å². The predicted octanol–water partition coefficient (Wildman–Crippen LogP) is 1.16. The summed E-state index contributed by atoms with van der Waals surface area (Å²) in [5, 5.41) is 3.48. The van der Waals surface area contributed by atoms with Crippen molar-refractivity contribution in [3.63, 3.8) is 0 Å². The van der Waals surface area contributed by atoms with Crippen molar-refractivity contribution in [2.24, 2.45) is 0 Å². The first-order chi connectivity index (χ1) is 3.79. The van der Waals surface area contributed by atoms with Gasteiger partial charge in [0, 0.05) is 30.9 Å². The molecule has 1 radical (unpaired) electrons. The average molecular weight is 120 g/mol. The number of nitrogens with one attached hydrogen (secondary N) is 1. The minimum Gasteiger partial charge on any atom is -0.312 e. The van der Waals surface area contributed by atoms with Crippen LogP contribution < -0.4 is 5.32 Å². The fraction of sp³-hybridized carbons (Fsp3) is 1.00. The molecule has 1 rings (SSSR count). The molecule has 1 fully saturated rings. The van der Waals surface area contributed by atoms with Crippen LogP contribution in [0.1, 0.15) is 33.1 Å². The first-order valence-electron chi connectivity index (χ1n) is 3.55. The third kappa shape index (κ3) is 3.30. The molecule has 1 aliphatic rings. The maximum absolute atomic E-state index is 3.48. The number of rotatable bonds is 0. The van der Waals surface area contributed by atoms with Gasteiger partial charge in [-0.2, -0.15) is 0 Å². The summed E-state index contributed by atoms with van der Waals surface area (Å²) < 4.78 is 0. The normalized spacial score (nSPS) is 35.3.